The first-order valence-corrected chi connectivity index (χ1v) is 8.73. The van der Waals surface area contributed by atoms with Gasteiger partial charge in [-0.2, -0.15) is 18.3 Å². The summed E-state index contributed by atoms with van der Waals surface area (Å²) in [6.07, 6.45) is -2.58. The number of guanidine groups is 1. The van der Waals surface area contributed by atoms with E-state index in [1.54, 1.807) is 24.0 Å². The molecule has 0 spiro atoms. The lowest BCUT2D eigenvalue weighted by atomic mass is 10.1. The molecule has 0 saturated carbocycles. The highest BCUT2D eigenvalue weighted by Crippen LogP contribution is 2.31. The summed E-state index contributed by atoms with van der Waals surface area (Å²) >= 11 is 0. The smallest absolute Gasteiger partial charge is 0.368 e. The number of nitrogens with one attached hydrogen (secondary N) is 1. The first-order valence-electron chi connectivity index (χ1n) is 8.73. The van der Waals surface area contributed by atoms with Gasteiger partial charge >= 0.3 is 6.18 Å². The maximum Gasteiger partial charge on any atom is 0.416 e. The van der Waals surface area contributed by atoms with Crippen LogP contribution in [0.15, 0.2) is 41.5 Å². The third-order valence-corrected chi connectivity index (χ3v) is 4.68. The second-order valence-electron chi connectivity index (χ2n) is 6.37. The van der Waals surface area contributed by atoms with Gasteiger partial charge in [0.2, 0.25) is 0 Å². The molecule has 0 bridgehead atoms. The molecule has 0 amide bonds. The molecule has 0 radical (unpaired) electrons. The van der Waals surface area contributed by atoms with Gasteiger partial charge in [-0.1, -0.05) is 6.07 Å². The first kappa shape index (κ1) is 19.1. The lowest BCUT2D eigenvalue weighted by molar-refractivity contribution is -0.137. The first-order chi connectivity index (χ1) is 12.9. The highest BCUT2D eigenvalue weighted by molar-refractivity contribution is 5.80. The van der Waals surface area contributed by atoms with Gasteiger partial charge in [0.15, 0.2) is 5.96 Å². The Labute approximate surface area is 156 Å². The number of halogens is 3. The van der Waals surface area contributed by atoms with E-state index >= 15 is 0 Å². The molecule has 2 aromatic rings. The Hall–Kier alpha value is -2.71. The topological polar surface area (TPSA) is 48.7 Å². The number of rotatable bonds is 3. The van der Waals surface area contributed by atoms with Crippen LogP contribution in [0, 0.1) is 0 Å². The highest BCUT2D eigenvalue weighted by atomic mass is 19.4. The van der Waals surface area contributed by atoms with E-state index in [-0.39, 0.29) is 0 Å². The zero-order valence-corrected chi connectivity index (χ0v) is 15.4. The van der Waals surface area contributed by atoms with Crippen molar-refractivity contribution >= 4 is 11.6 Å². The van der Waals surface area contributed by atoms with Crippen LogP contribution in [0.4, 0.5) is 18.9 Å². The van der Waals surface area contributed by atoms with E-state index < -0.39 is 11.7 Å². The maximum absolute atomic E-state index is 12.9. The molecule has 1 N–H and O–H groups in total. The van der Waals surface area contributed by atoms with Crippen LogP contribution in [0.3, 0.4) is 0 Å². The van der Waals surface area contributed by atoms with Crippen molar-refractivity contribution < 1.29 is 13.2 Å². The summed E-state index contributed by atoms with van der Waals surface area (Å²) in [5.41, 5.74) is 1.03. The second kappa shape index (κ2) is 7.89. The number of aromatic nitrogens is 2. The van der Waals surface area contributed by atoms with Crippen molar-refractivity contribution in [2.24, 2.45) is 12.0 Å². The van der Waals surface area contributed by atoms with Crippen LogP contribution in [0.2, 0.25) is 0 Å². The van der Waals surface area contributed by atoms with Gasteiger partial charge in [0, 0.05) is 52.2 Å². The molecule has 1 aliphatic heterocycles. The zero-order valence-electron chi connectivity index (χ0n) is 15.4. The van der Waals surface area contributed by atoms with Gasteiger partial charge in [-0.15, -0.1) is 0 Å². The molecule has 0 atom stereocenters. The van der Waals surface area contributed by atoms with Crippen LogP contribution in [-0.2, 0) is 19.8 Å². The van der Waals surface area contributed by atoms with Crippen molar-refractivity contribution in [2.45, 2.75) is 12.7 Å². The van der Waals surface area contributed by atoms with Gasteiger partial charge in [-0.05, 0) is 24.3 Å². The number of aliphatic imine (C=N–C) groups is 1. The van der Waals surface area contributed by atoms with Crippen molar-refractivity contribution in [3.8, 4) is 0 Å². The van der Waals surface area contributed by atoms with Gasteiger partial charge in [-0.3, -0.25) is 9.67 Å². The zero-order chi connectivity index (χ0) is 19.4. The summed E-state index contributed by atoms with van der Waals surface area (Å²) in [5.74, 6) is 0.778. The monoisotopic (exact) mass is 380 g/mol. The van der Waals surface area contributed by atoms with E-state index in [2.05, 4.69) is 20.3 Å². The van der Waals surface area contributed by atoms with E-state index in [0.717, 1.165) is 17.7 Å². The van der Waals surface area contributed by atoms with Gasteiger partial charge in [0.25, 0.3) is 0 Å². The molecule has 0 aliphatic carbocycles. The van der Waals surface area contributed by atoms with E-state index in [1.165, 1.54) is 12.1 Å². The van der Waals surface area contributed by atoms with E-state index in [1.807, 2.05) is 18.0 Å². The average molecular weight is 380 g/mol. The van der Waals surface area contributed by atoms with Crippen LogP contribution < -0.4 is 10.2 Å². The summed E-state index contributed by atoms with van der Waals surface area (Å²) in [4.78, 5) is 8.40. The lowest BCUT2D eigenvalue weighted by Gasteiger charge is -2.37. The number of benzene rings is 1. The number of hydrogen-bond donors (Lipinski definition) is 1. The van der Waals surface area contributed by atoms with Gasteiger partial charge < -0.3 is 15.1 Å². The average Bonchev–Trinajstić information content (AvgIpc) is 3.07. The Kier molecular flexibility index (Phi) is 5.57. The molecule has 6 nitrogen and oxygen atoms in total. The van der Waals surface area contributed by atoms with Crippen LogP contribution >= 0.6 is 0 Å². The van der Waals surface area contributed by atoms with Crippen molar-refractivity contribution in [3.05, 3.63) is 47.8 Å². The predicted molar refractivity (Wildman–Crippen MR) is 98.6 cm³/mol. The predicted octanol–water partition coefficient (Wildman–Crippen LogP) is 2.34. The van der Waals surface area contributed by atoms with Gasteiger partial charge in [-0.25, -0.2) is 0 Å². The minimum absolute atomic E-state index is 0.599. The Bertz CT molecular complexity index is 790. The molecule has 2 heterocycles. The van der Waals surface area contributed by atoms with Crippen molar-refractivity contribution in [1.82, 2.24) is 20.0 Å². The van der Waals surface area contributed by atoms with Crippen LogP contribution in [0.1, 0.15) is 11.3 Å². The van der Waals surface area contributed by atoms with Crippen LogP contribution in [-0.4, -0.2) is 53.9 Å². The van der Waals surface area contributed by atoms with E-state index in [4.69, 9.17) is 0 Å². The van der Waals surface area contributed by atoms with Crippen molar-refractivity contribution in [1.29, 1.82) is 0 Å². The van der Waals surface area contributed by atoms with E-state index in [9.17, 15) is 13.2 Å². The number of aryl methyl sites for hydroxylation is 1. The highest BCUT2D eigenvalue weighted by Gasteiger charge is 2.31. The molecule has 146 valence electrons. The van der Waals surface area contributed by atoms with Gasteiger partial charge in [0.1, 0.15) is 0 Å². The Morgan fingerprint density at radius 2 is 1.93 bits per heavy atom. The molecular weight excluding hydrogens is 357 g/mol. The quantitative estimate of drug-likeness (QED) is 0.656. The number of hydrogen-bond acceptors (Lipinski definition) is 3. The summed E-state index contributed by atoms with van der Waals surface area (Å²) in [7, 11) is 3.61. The van der Waals surface area contributed by atoms with Gasteiger partial charge in [0.05, 0.1) is 17.8 Å². The number of piperazine rings is 1. The van der Waals surface area contributed by atoms with E-state index in [0.29, 0.717) is 38.4 Å². The Balaban J connectivity index is 1.58. The summed E-state index contributed by atoms with van der Waals surface area (Å²) in [6, 6.07) is 7.43. The molecule has 1 aromatic heterocycles. The van der Waals surface area contributed by atoms with Crippen molar-refractivity contribution in [2.75, 3.05) is 38.1 Å². The fraction of sp³-hybridized carbons (Fsp3) is 0.444. The normalized spacial score (nSPS) is 16.0. The third kappa shape index (κ3) is 4.53. The molecule has 0 unspecified atom stereocenters. The number of alkyl halides is 3. The summed E-state index contributed by atoms with van der Waals surface area (Å²) < 4.78 is 40.6. The largest absolute Gasteiger partial charge is 0.416 e. The Morgan fingerprint density at radius 1 is 1.19 bits per heavy atom. The summed E-state index contributed by atoms with van der Waals surface area (Å²) in [5, 5.41) is 7.45. The molecule has 9 heteroatoms. The minimum Gasteiger partial charge on any atom is -0.368 e. The molecule has 1 aromatic carbocycles. The fourth-order valence-corrected chi connectivity index (χ4v) is 3.13. The molecular formula is C18H23F3N6. The van der Waals surface area contributed by atoms with Crippen molar-refractivity contribution in [3.63, 3.8) is 0 Å². The third-order valence-electron chi connectivity index (χ3n) is 4.68. The molecule has 27 heavy (non-hydrogen) atoms. The minimum atomic E-state index is -4.32. The number of anilines is 1. The standard InChI is InChI=1S/C18H23F3N6/c1-22-17(23-13-16-6-7-24-25(16)2)27-10-8-26(9-11-27)15-5-3-4-14(12-15)18(19,20)21/h3-7,12H,8-11,13H2,1-2H3,(H,22,23). The maximum atomic E-state index is 12.9. The molecule has 1 saturated heterocycles. The van der Waals surface area contributed by atoms with Crippen LogP contribution in [0.25, 0.3) is 0 Å². The SMILES string of the molecule is CN=C(NCc1ccnn1C)N1CCN(c2cccc(C(F)(F)F)c2)CC1. The Morgan fingerprint density at radius 3 is 2.52 bits per heavy atom. The lowest BCUT2D eigenvalue weighted by Crippen LogP contribution is -2.52. The second-order valence-corrected chi connectivity index (χ2v) is 6.37. The van der Waals surface area contributed by atoms with Crippen LogP contribution in [0.5, 0.6) is 0 Å². The fourth-order valence-electron chi connectivity index (χ4n) is 3.13. The molecule has 3 rings (SSSR count). The number of nitrogens with zero attached hydrogens (tertiary/aromatic N) is 5. The molecule has 1 aliphatic rings. The summed E-state index contributed by atoms with van der Waals surface area (Å²) in [6.45, 7) is 3.24. The molecule has 1 fully saturated rings.